The number of rotatable bonds is 3. The Labute approximate surface area is 95.2 Å². The summed E-state index contributed by atoms with van der Waals surface area (Å²) in [4.78, 5) is 17.8. The third-order valence-electron chi connectivity index (χ3n) is 2.80. The number of amides is 1. The molecule has 1 unspecified atom stereocenters. The Morgan fingerprint density at radius 2 is 2.56 bits per heavy atom. The number of hydrogen-bond acceptors (Lipinski definition) is 3. The van der Waals surface area contributed by atoms with Gasteiger partial charge in [-0.25, -0.2) is 0 Å². The lowest BCUT2D eigenvalue weighted by Crippen LogP contribution is -2.32. The minimum absolute atomic E-state index is 0.0432. The summed E-state index contributed by atoms with van der Waals surface area (Å²) in [6.45, 7) is 1.89. The van der Waals surface area contributed by atoms with Crippen molar-refractivity contribution < 1.29 is 9.53 Å². The molecule has 1 amide bonds. The monoisotopic (exact) mass is 220 g/mol. The van der Waals surface area contributed by atoms with E-state index in [4.69, 9.17) is 4.74 Å². The van der Waals surface area contributed by atoms with Gasteiger partial charge in [0.25, 0.3) is 0 Å². The standard InChI is InChI=1S/C12H16N2O2/c1-14(8-10-3-2-5-13-7-10)12(15)11-4-6-16-9-11/h2-3,5,7,11H,4,6,8-9H2,1H3. The van der Waals surface area contributed by atoms with Crippen molar-refractivity contribution in [3.63, 3.8) is 0 Å². The van der Waals surface area contributed by atoms with E-state index in [1.54, 1.807) is 17.3 Å². The molecule has 4 nitrogen and oxygen atoms in total. The first-order chi connectivity index (χ1) is 7.77. The molecule has 4 heteroatoms. The van der Waals surface area contributed by atoms with Gasteiger partial charge >= 0.3 is 0 Å². The van der Waals surface area contributed by atoms with E-state index in [-0.39, 0.29) is 11.8 Å². The molecule has 1 aliphatic rings. The summed E-state index contributed by atoms with van der Waals surface area (Å²) in [5.74, 6) is 0.211. The van der Waals surface area contributed by atoms with Crippen LogP contribution in [0, 0.1) is 5.92 Å². The molecule has 2 heterocycles. The second-order valence-corrected chi connectivity index (χ2v) is 4.12. The van der Waals surface area contributed by atoms with E-state index in [1.807, 2.05) is 19.2 Å². The van der Waals surface area contributed by atoms with Gasteiger partial charge in [-0.05, 0) is 18.1 Å². The molecule has 16 heavy (non-hydrogen) atoms. The van der Waals surface area contributed by atoms with Crippen molar-refractivity contribution in [1.82, 2.24) is 9.88 Å². The maximum absolute atomic E-state index is 12.0. The number of aromatic nitrogens is 1. The van der Waals surface area contributed by atoms with Crippen LogP contribution in [-0.4, -0.2) is 36.1 Å². The number of carbonyl (C=O) groups is 1. The largest absolute Gasteiger partial charge is 0.381 e. The number of ether oxygens (including phenoxy) is 1. The fourth-order valence-corrected chi connectivity index (χ4v) is 1.88. The molecule has 0 radical (unpaired) electrons. The van der Waals surface area contributed by atoms with Gasteiger partial charge in [-0.2, -0.15) is 0 Å². The Balaban J connectivity index is 1.92. The van der Waals surface area contributed by atoms with Crippen LogP contribution < -0.4 is 0 Å². The fourth-order valence-electron chi connectivity index (χ4n) is 1.88. The van der Waals surface area contributed by atoms with Crippen LogP contribution in [0.4, 0.5) is 0 Å². The first kappa shape index (κ1) is 11.1. The first-order valence-corrected chi connectivity index (χ1v) is 5.49. The molecule has 1 fully saturated rings. The predicted molar refractivity (Wildman–Crippen MR) is 59.6 cm³/mol. The van der Waals surface area contributed by atoms with E-state index in [1.165, 1.54) is 0 Å². The number of hydrogen-bond donors (Lipinski definition) is 0. The van der Waals surface area contributed by atoms with Gasteiger partial charge in [0.15, 0.2) is 0 Å². The zero-order valence-corrected chi connectivity index (χ0v) is 9.43. The molecule has 0 saturated carbocycles. The van der Waals surface area contributed by atoms with Crippen molar-refractivity contribution in [2.75, 3.05) is 20.3 Å². The number of nitrogens with zero attached hydrogens (tertiary/aromatic N) is 2. The first-order valence-electron chi connectivity index (χ1n) is 5.49. The Morgan fingerprint density at radius 3 is 3.19 bits per heavy atom. The molecule has 0 aromatic carbocycles. The van der Waals surface area contributed by atoms with Crippen LogP contribution in [0.25, 0.3) is 0 Å². The van der Waals surface area contributed by atoms with Gasteiger partial charge in [0.2, 0.25) is 5.91 Å². The van der Waals surface area contributed by atoms with Gasteiger partial charge < -0.3 is 9.64 Å². The normalized spacial score (nSPS) is 19.7. The van der Waals surface area contributed by atoms with Gasteiger partial charge in [-0.15, -0.1) is 0 Å². The highest BCUT2D eigenvalue weighted by Gasteiger charge is 2.26. The summed E-state index contributed by atoms with van der Waals surface area (Å²) >= 11 is 0. The van der Waals surface area contributed by atoms with Crippen LogP contribution in [0.1, 0.15) is 12.0 Å². The van der Waals surface area contributed by atoms with Crippen LogP contribution in [0.3, 0.4) is 0 Å². The lowest BCUT2D eigenvalue weighted by atomic mass is 10.1. The molecular formula is C12H16N2O2. The van der Waals surface area contributed by atoms with Crippen molar-refractivity contribution in [2.24, 2.45) is 5.92 Å². The zero-order valence-electron chi connectivity index (χ0n) is 9.43. The van der Waals surface area contributed by atoms with E-state index in [2.05, 4.69) is 4.98 Å². The van der Waals surface area contributed by atoms with Crippen LogP contribution in [0.5, 0.6) is 0 Å². The summed E-state index contributed by atoms with van der Waals surface area (Å²) < 4.78 is 5.22. The van der Waals surface area contributed by atoms with E-state index in [9.17, 15) is 4.79 Å². The third kappa shape index (κ3) is 2.58. The quantitative estimate of drug-likeness (QED) is 0.765. The lowest BCUT2D eigenvalue weighted by Gasteiger charge is -2.20. The topological polar surface area (TPSA) is 42.4 Å². The maximum atomic E-state index is 12.0. The molecule has 1 aliphatic heterocycles. The average molecular weight is 220 g/mol. The minimum atomic E-state index is 0.0432. The highest BCUT2D eigenvalue weighted by molar-refractivity contribution is 5.78. The summed E-state index contributed by atoms with van der Waals surface area (Å²) in [5, 5.41) is 0. The van der Waals surface area contributed by atoms with Crippen molar-refractivity contribution >= 4 is 5.91 Å². The van der Waals surface area contributed by atoms with E-state index >= 15 is 0 Å². The average Bonchev–Trinajstić information content (AvgIpc) is 2.83. The smallest absolute Gasteiger partial charge is 0.228 e. The molecule has 0 spiro atoms. The molecule has 0 N–H and O–H groups in total. The second kappa shape index (κ2) is 5.07. The molecular weight excluding hydrogens is 204 g/mol. The predicted octanol–water partition coefficient (Wildman–Crippen LogP) is 1.08. The van der Waals surface area contributed by atoms with Crippen molar-refractivity contribution in [3.8, 4) is 0 Å². The molecule has 0 bridgehead atoms. The highest BCUT2D eigenvalue weighted by atomic mass is 16.5. The Morgan fingerprint density at radius 1 is 1.69 bits per heavy atom. The van der Waals surface area contributed by atoms with E-state index < -0.39 is 0 Å². The third-order valence-corrected chi connectivity index (χ3v) is 2.80. The molecule has 1 atom stereocenters. The molecule has 1 aromatic rings. The van der Waals surface area contributed by atoms with Gasteiger partial charge in [-0.1, -0.05) is 6.07 Å². The summed E-state index contributed by atoms with van der Waals surface area (Å²) in [7, 11) is 1.83. The van der Waals surface area contributed by atoms with Crippen LogP contribution in [0.2, 0.25) is 0 Å². The molecule has 2 rings (SSSR count). The Hall–Kier alpha value is -1.42. The van der Waals surface area contributed by atoms with Crippen molar-refractivity contribution in [2.45, 2.75) is 13.0 Å². The summed E-state index contributed by atoms with van der Waals surface area (Å²) in [6.07, 6.45) is 4.36. The van der Waals surface area contributed by atoms with Crippen LogP contribution in [0.15, 0.2) is 24.5 Å². The van der Waals surface area contributed by atoms with Crippen molar-refractivity contribution in [3.05, 3.63) is 30.1 Å². The zero-order chi connectivity index (χ0) is 11.4. The molecule has 86 valence electrons. The van der Waals surface area contributed by atoms with Gasteiger partial charge in [0, 0.05) is 32.6 Å². The number of pyridine rings is 1. The van der Waals surface area contributed by atoms with Crippen LogP contribution in [-0.2, 0) is 16.1 Å². The van der Waals surface area contributed by atoms with Gasteiger partial charge in [-0.3, -0.25) is 9.78 Å². The van der Waals surface area contributed by atoms with Crippen LogP contribution >= 0.6 is 0 Å². The maximum Gasteiger partial charge on any atom is 0.228 e. The Kier molecular flexibility index (Phi) is 3.51. The lowest BCUT2D eigenvalue weighted by molar-refractivity contribution is -0.134. The summed E-state index contributed by atoms with van der Waals surface area (Å²) in [5.41, 5.74) is 1.05. The fraction of sp³-hybridized carbons (Fsp3) is 0.500. The number of carbonyl (C=O) groups excluding carboxylic acids is 1. The highest BCUT2D eigenvalue weighted by Crippen LogP contribution is 2.15. The van der Waals surface area contributed by atoms with E-state index in [0.717, 1.165) is 12.0 Å². The Bertz CT molecular complexity index is 347. The molecule has 0 aliphatic carbocycles. The summed E-state index contributed by atoms with van der Waals surface area (Å²) in [6, 6.07) is 3.86. The van der Waals surface area contributed by atoms with Crippen molar-refractivity contribution in [1.29, 1.82) is 0 Å². The van der Waals surface area contributed by atoms with Gasteiger partial charge in [0.1, 0.15) is 0 Å². The molecule has 1 aromatic heterocycles. The SMILES string of the molecule is CN(Cc1cccnc1)C(=O)C1CCOC1. The minimum Gasteiger partial charge on any atom is -0.381 e. The molecule has 1 saturated heterocycles. The van der Waals surface area contributed by atoms with E-state index in [0.29, 0.717) is 19.8 Å². The van der Waals surface area contributed by atoms with Gasteiger partial charge in [0.05, 0.1) is 12.5 Å². The second-order valence-electron chi connectivity index (χ2n) is 4.12.